The van der Waals surface area contributed by atoms with Gasteiger partial charge in [0.15, 0.2) is 0 Å². The second-order valence-corrected chi connectivity index (χ2v) is 25.0. The Labute approximate surface area is 491 Å². The van der Waals surface area contributed by atoms with Crippen molar-refractivity contribution in [3.63, 3.8) is 0 Å². The Morgan fingerprint density at radius 2 is 0.500 bits per heavy atom. The van der Waals surface area contributed by atoms with Crippen LogP contribution in [0.25, 0.3) is 0 Å². The number of carbonyl (C=O) groups excluding carboxylic acids is 1. The van der Waals surface area contributed by atoms with Gasteiger partial charge in [0.2, 0.25) is 5.91 Å². The van der Waals surface area contributed by atoms with Gasteiger partial charge in [-0.2, -0.15) is 0 Å². The van der Waals surface area contributed by atoms with E-state index in [1.165, 1.54) is 353 Å². The maximum atomic E-state index is 12.5. The maximum absolute atomic E-state index is 12.5. The van der Waals surface area contributed by atoms with E-state index in [0.717, 1.165) is 38.5 Å². The van der Waals surface area contributed by atoms with Gasteiger partial charge in [-0.1, -0.05) is 397 Å². The molecule has 0 rings (SSSR count). The van der Waals surface area contributed by atoms with Crippen molar-refractivity contribution in [1.82, 2.24) is 5.32 Å². The Morgan fingerprint density at radius 1 is 0.295 bits per heavy atom. The van der Waals surface area contributed by atoms with Crippen LogP contribution in [0.5, 0.6) is 0 Å². The molecule has 0 saturated carbocycles. The van der Waals surface area contributed by atoms with Crippen molar-refractivity contribution in [3.05, 3.63) is 36.5 Å². The lowest BCUT2D eigenvalue weighted by Gasteiger charge is -2.19. The van der Waals surface area contributed by atoms with Crippen LogP contribution >= 0.6 is 0 Å². The summed E-state index contributed by atoms with van der Waals surface area (Å²) in [6, 6.07) is -0.646. The number of unbranched alkanes of at least 4 members (excludes halogenated alkanes) is 57. The fourth-order valence-corrected chi connectivity index (χ4v) is 11.6. The third kappa shape index (κ3) is 65.4. The van der Waals surface area contributed by atoms with Crippen molar-refractivity contribution in [2.24, 2.45) is 0 Å². The number of amides is 1. The zero-order valence-corrected chi connectivity index (χ0v) is 53.5. The van der Waals surface area contributed by atoms with E-state index in [4.69, 9.17) is 0 Å². The molecule has 0 heterocycles. The summed E-state index contributed by atoms with van der Waals surface area (Å²) in [6.45, 7) is 4.35. The summed E-state index contributed by atoms with van der Waals surface area (Å²) >= 11 is 0. The van der Waals surface area contributed by atoms with Crippen molar-refractivity contribution >= 4 is 5.91 Å². The third-order valence-electron chi connectivity index (χ3n) is 17.1. The summed E-state index contributed by atoms with van der Waals surface area (Å²) in [7, 11) is 0. The van der Waals surface area contributed by atoms with Gasteiger partial charge in [0, 0.05) is 6.42 Å². The Bertz CT molecular complexity index is 1190. The lowest BCUT2D eigenvalue weighted by atomic mass is 10.0. The molecule has 462 valence electrons. The topological polar surface area (TPSA) is 69.6 Å². The molecule has 0 aliphatic carbocycles. The molecule has 0 aliphatic heterocycles. The highest BCUT2D eigenvalue weighted by Crippen LogP contribution is 2.19. The molecule has 4 nitrogen and oxygen atoms in total. The average Bonchev–Trinajstić information content (AvgIpc) is 3.44. The fraction of sp³-hybridized carbons (Fsp3) is 0.905. The number of aliphatic hydroxyl groups is 2. The number of hydrogen-bond donors (Lipinski definition) is 3. The summed E-state index contributed by atoms with van der Waals surface area (Å²) < 4.78 is 0. The SMILES string of the molecule is CCCCCCCCCCCCCCCCCCCCCCC/C=C/CC/C=C/CC/C=C/C(O)C(CO)NC(=O)CCCCCCCCCCCCCCCCCCCCCCCCCCCCCCCCCCCCC. The molecular formula is C74H143NO3. The van der Waals surface area contributed by atoms with E-state index in [1.807, 2.05) is 6.08 Å². The Hall–Kier alpha value is -1.39. The first-order valence-corrected chi connectivity index (χ1v) is 36.2. The molecule has 0 spiro atoms. The average molecular weight is 1090 g/mol. The predicted octanol–water partition coefficient (Wildman–Crippen LogP) is 24.7. The second-order valence-electron chi connectivity index (χ2n) is 25.0. The van der Waals surface area contributed by atoms with E-state index in [2.05, 4.69) is 43.5 Å². The molecule has 0 aliphatic rings. The molecule has 78 heavy (non-hydrogen) atoms. The summed E-state index contributed by atoms with van der Waals surface area (Å²) in [6.07, 6.45) is 96.9. The minimum absolute atomic E-state index is 0.0691. The molecule has 0 fully saturated rings. The van der Waals surface area contributed by atoms with E-state index in [9.17, 15) is 15.0 Å². The molecule has 0 aromatic carbocycles. The van der Waals surface area contributed by atoms with Crippen molar-refractivity contribution < 1.29 is 15.0 Å². The molecule has 2 unspecified atom stereocenters. The van der Waals surface area contributed by atoms with Gasteiger partial charge >= 0.3 is 0 Å². The van der Waals surface area contributed by atoms with Crippen molar-refractivity contribution in [2.45, 2.75) is 424 Å². The van der Waals surface area contributed by atoms with Crippen LogP contribution in [0.2, 0.25) is 0 Å². The van der Waals surface area contributed by atoms with Crippen LogP contribution in [0, 0.1) is 0 Å². The number of hydrogen-bond acceptors (Lipinski definition) is 3. The van der Waals surface area contributed by atoms with E-state index >= 15 is 0 Å². The molecule has 0 saturated heterocycles. The number of rotatable bonds is 68. The van der Waals surface area contributed by atoms with Crippen molar-refractivity contribution in [1.29, 1.82) is 0 Å². The van der Waals surface area contributed by atoms with Crippen molar-refractivity contribution in [3.8, 4) is 0 Å². The van der Waals surface area contributed by atoms with Crippen LogP contribution in [0.3, 0.4) is 0 Å². The Balaban J connectivity index is 3.44. The fourth-order valence-electron chi connectivity index (χ4n) is 11.6. The van der Waals surface area contributed by atoms with Gasteiger partial charge in [-0.3, -0.25) is 4.79 Å². The normalized spacial score (nSPS) is 12.8. The Kier molecular flexibility index (Phi) is 68.6. The van der Waals surface area contributed by atoms with Gasteiger partial charge in [0.25, 0.3) is 0 Å². The number of nitrogens with one attached hydrogen (secondary N) is 1. The van der Waals surface area contributed by atoms with Crippen LogP contribution in [0.15, 0.2) is 36.5 Å². The predicted molar refractivity (Wildman–Crippen MR) is 350 cm³/mol. The van der Waals surface area contributed by atoms with Gasteiger partial charge in [0.1, 0.15) is 0 Å². The molecule has 0 bridgehead atoms. The summed E-state index contributed by atoms with van der Waals surface area (Å²) in [5.74, 6) is -0.0691. The largest absolute Gasteiger partial charge is 0.394 e. The monoisotopic (exact) mass is 1090 g/mol. The summed E-state index contributed by atoms with van der Waals surface area (Å²) in [5, 5.41) is 23.3. The lowest BCUT2D eigenvalue weighted by molar-refractivity contribution is -0.123. The first-order chi connectivity index (χ1) is 38.7. The van der Waals surface area contributed by atoms with Crippen LogP contribution in [-0.2, 0) is 4.79 Å². The van der Waals surface area contributed by atoms with Gasteiger partial charge in [0.05, 0.1) is 18.8 Å². The zero-order valence-electron chi connectivity index (χ0n) is 53.5. The van der Waals surface area contributed by atoms with Gasteiger partial charge < -0.3 is 15.5 Å². The van der Waals surface area contributed by atoms with Crippen LogP contribution in [-0.4, -0.2) is 34.9 Å². The molecular weight excluding hydrogens is 951 g/mol. The standard InChI is InChI=1S/C74H143NO3/c1-3-5-7-9-11-13-15-17-19-21-23-25-27-29-31-33-35-36-37-38-40-42-44-46-48-50-52-54-56-58-60-62-64-66-68-70-74(78)75-72(71-76)73(77)69-67-65-63-61-59-57-55-53-51-49-47-45-43-41-39-34-32-30-28-26-24-22-20-18-16-14-12-10-8-6-4-2/h51,53,59,61,67,69,72-73,76-77H,3-50,52,54-58,60,62-66,68,70-71H2,1-2H3,(H,75,78)/b53-51+,61-59+,69-67+. The van der Waals surface area contributed by atoms with Crippen molar-refractivity contribution in [2.75, 3.05) is 6.61 Å². The highest BCUT2D eigenvalue weighted by molar-refractivity contribution is 5.76. The molecule has 2 atom stereocenters. The Morgan fingerprint density at radius 3 is 0.744 bits per heavy atom. The third-order valence-corrected chi connectivity index (χ3v) is 17.1. The number of aliphatic hydroxyl groups excluding tert-OH is 2. The zero-order chi connectivity index (χ0) is 56.2. The highest BCUT2D eigenvalue weighted by Gasteiger charge is 2.18. The molecule has 0 radical (unpaired) electrons. The van der Waals surface area contributed by atoms with E-state index in [0.29, 0.717) is 6.42 Å². The lowest BCUT2D eigenvalue weighted by Crippen LogP contribution is -2.45. The minimum atomic E-state index is -0.871. The van der Waals surface area contributed by atoms with Crippen LogP contribution in [0.4, 0.5) is 0 Å². The molecule has 0 aromatic rings. The second kappa shape index (κ2) is 69.9. The highest BCUT2D eigenvalue weighted by atomic mass is 16.3. The molecule has 4 heteroatoms. The molecule has 0 aromatic heterocycles. The van der Waals surface area contributed by atoms with Gasteiger partial charge in [-0.25, -0.2) is 0 Å². The quantitative estimate of drug-likeness (QED) is 0.0420. The van der Waals surface area contributed by atoms with E-state index in [-0.39, 0.29) is 12.5 Å². The van der Waals surface area contributed by atoms with E-state index < -0.39 is 12.1 Å². The van der Waals surface area contributed by atoms with Gasteiger partial charge in [-0.15, -0.1) is 0 Å². The maximum Gasteiger partial charge on any atom is 0.220 e. The summed E-state index contributed by atoms with van der Waals surface area (Å²) in [5.41, 5.74) is 0. The van der Waals surface area contributed by atoms with Crippen LogP contribution < -0.4 is 5.32 Å². The minimum Gasteiger partial charge on any atom is -0.394 e. The first kappa shape index (κ1) is 76.6. The van der Waals surface area contributed by atoms with Gasteiger partial charge in [-0.05, 0) is 44.9 Å². The van der Waals surface area contributed by atoms with Crippen LogP contribution in [0.1, 0.15) is 412 Å². The number of carbonyl (C=O) groups is 1. The van der Waals surface area contributed by atoms with E-state index in [1.54, 1.807) is 6.08 Å². The first-order valence-electron chi connectivity index (χ1n) is 36.2. The number of allylic oxidation sites excluding steroid dienone is 5. The smallest absolute Gasteiger partial charge is 0.220 e. The summed E-state index contributed by atoms with van der Waals surface area (Å²) in [4.78, 5) is 12.5. The molecule has 3 N–H and O–H groups in total. The molecule has 1 amide bonds.